The van der Waals surface area contributed by atoms with Crippen molar-refractivity contribution >= 4 is 5.78 Å². The monoisotopic (exact) mass is 324 g/mol. The first-order valence-corrected chi connectivity index (χ1v) is 8.14. The van der Waals surface area contributed by atoms with Gasteiger partial charge in [-0.15, -0.1) is 0 Å². The van der Waals surface area contributed by atoms with Crippen LogP contribution in [0.1, 0.15) is 32.8 Å². The largest absolute Gasteiger partial charge is 0.465 e. The highest BCUT2D eigenvalue weighted by molar-refractivity contribution is 5.75. The smallest absolute Gasteiger partial charge is 0.197 e. The normalized spacial score (nSPS) is 12.1. The van der Waals surface area contributed by atoms with Crippen molar-refractivity contribution in [1.82, 2.24) is 0 Å². The van der Waals surface area contributed by atoms with Gasteiger partial charge in [0.05, 0.1) is 26.4 Å². The Morgan fingerprint density at radius 2 is 1.70 bits per heavy atom. The summed E-state index contributed by atoms with van der Waals surface area (Å²) >= 11 is 0. The lowest BCUT2D eigenvalue weighted by Crippen LogP contribution is -2.19. The van der Waals surface area contributed by atoms with Gasteiger partial charge in [0.15, 0.2) is 6.29 Å². The number of Topliss-reactive ketones (excluding diaryl/α,β-unsaturated/α-hetero) is 1. The molecule has 1 aromatic carbocycles. The van der Waals surface area contributed by atoms with E-state index in [4.69, 9.17) is 18.9 Å². The highest BCUT2D eigenvalue weighted by Crippen LogP contribution is 2.15. The van der Waals surface area contributed by atoms with E-state index in [-0.39, 0.29) is 12.1 Å². The number of ether oxygens (including phenoxy) is 4. The van der Waals surface area contributed by atoms with Crippen LogP contribution in [0.2, 0.25) is 0 Å². The van der Waals surface area contributed by atoms with Gasteiger partial charge in [-0.25, -0.2) is 0 Å². The summed E-state index contributed by atoms with van der Waals surface area (Å²) in [6.45, 7) is 8.30. The van der Waals surface area contributed by atoms with Gasteiger partial charge in [-0.2, -0.15) is 0 Å². The van der Waals surface area contributed by atoms with Crippen LogP contribution in [0.15, 0.2) is 24.3 Å². The summed E-state index contributed by atoms with van der Waals surface area (Å²) in [6, 6.07) is 7.74. The van der Waals surface area contributed by atoms with Crippen molar-refractivity contribution in [3.05, 3.63) is 29.8 Å². The molecule has 0 saturated carbocycles. The molecule has 0 unspecified atom stereocenters. The molecule has 23 heavy (non-hydrogen) atoms. The number of aryl methyl sites for hydroxylation is 1. The fourth-order valence-corrected chi connectivity index (χ4v) is 1.92. The summed E-state index contributed by atoms with van der Waals surface area (Å²) in [5, 5.41) is 0. The van der Waals surface area contributed by atoms with Crippen LogP contribution in [0.4, 0.5) is 0 Å². The maximum absolute atomic E-state index is 11.0. The highest BCUT2D eigenvalue weighted by atomic mass is 16.7. The number of benzene rings is 1. The number of rotatable bonds is 13. The van der Waals surface area contributed by atoms with E-state index in [1.165, 1.54) is 0 Å². The van der Waals surface area contributed by atoms with E-state index in [0.717, 1.165) is 17.7 Å². The zero-order valence-electron chi connectivity index (χ0n) is 14.4. The quantitative estimate of drug-likeness (QED) is 0.412. The number of ketones is 1. The molecule has 0 radical (unpaired) electrons. The van der Waals surface area contributed by atoms with Crippen LogP contribution in [0, 0.1) is 0 Å². The fourth-order valence-electron chi connectivity index (χ4n) is 1.92. The molecule has 0 saturated heterocycles. The molecule has 5 nitrogen and oxygen atoms in total. The predicted molar refractivity (Wildman–Crippen MR) is 88.8 cm³/mol. The van der Waals surface area contributed by atoms with Crippen LogP contribution < -0.4 is 4.74 Å². The van der Waals surface area contributed by atoms with Crippen LogP contribution in [0.3, 0.4) is 0 Å². The Morgan fingerprint density at radius 1 is 1.04 bits per heavy atom. The van der Waals surface area contributed by atoms with E-state index in [9.17, 15) is 4.79 Å². The molecule has 130 valence electrons. The minimum atomic E-state index is -0.339. The van der Waals surface area contributed by atoms with Crippen LogP contribution in [0.5, 0.6) is 5.75 Å². The Balaban J connectivity index is 2.16. The molecule has 0 amide bonds. The Labute approximate surface area is 138 Å². The first-order chi connectivity index (χ1) is 11.1. The van der Waals surface area contributed by atoms with E-state index in [0.29, 0.717) is 39.5 Å². The Hall–Kier alpha value is -1.43. The van der Waals surface area contributed by atoms with Crippen molar-refractivity contribution in [3.63, 3.8) is 0 Å². The fraction of sp³-hybridized carbons (Fsp3) is 0.611. The van der Waals surface area contributed by atoms with Gasteiger partial charge in [0.1, 0.15) is 11.5 Å². The van der Waals surface area contributed by atoms with Crippen molar-refractivity contribution < 1.29 is 23.7 Å². The minimum Gasteiger partial charge on any atom is -0.465 e. The molecule has 1 rings (SSSR count). The lowest BCUT2D eigenvalue weighted by atomic mass is 10.1. The van der Waals surface area contributed by atoms with E-state index in [2.05, 4.69) is 0 Å². The lowest BCUT2D eigenvalue weighted by molar-refractivity contribution is -0.116. The summed E-state index contributed by atoms with van der Waals surface area (Å²) in [6.07, 6.45) is 0.998. The molecule has 0 spiro atoms. The third-order valence-electron chi connectivity index (χ3n) is 3.15. The van der Waals surface area contributed by atoms with E-state index < -0.39 is 0 Å². The number of hydrogen-bond donors (Lipinski definition) is 0. The molecular weight excluding hydrogens is 296 g/mol. The van der Waals surface area contributed by atoms with Crippen LogP contribution in [0.25, 0.3) is 0 Å². The molecule has 0 aliphatic heterocycles. The molecule has 1 atom stereocenters. The Bertz CT molecular complexity index is 430. The maximum Gasteiger partial charge on any atom is 0.197 e. The van der Waals surface area contributed by atoms with E-state index >= 15 is 0 Å². The highest BCUT2D eigenvalue weighted by Gasteiger charge is 2.04. The summed E-state index contributed by atoms with van der Waals surface area (Å²) in [5.41, 5.74) is 1.13. The summed E-state index contributed by atoms with van der Waals surface area (Å²) in [5.74, 6) is 0.956. The second-order valence-electron chi connectivity index (χ2n) is 5.21. The standard InChI is InChI=1S/C18H28O5/c1-4-20-11-12-21-13-14-22-16(3)23-18-9-7-17(8-10-18)6-5-15(2)19/h7-10,16H,4-6,11-14H2,1-3H3/t16-/m1/s1. The summed E-state index contributed by atoms with van der Waals surface area (Å²) < 4.78 is 21.7. The molecule has 0 heterocycles. The van der Waals surface area contributed by atoms with Crippen molar-refractivity contribution in [1.29, 1.82) is 0 Å². The van der Waals surface area contributed by atoms with Gasteiger partial charge in [0.25, 0.3) is 0 Å². The minimum absolute atomic E-state index is 0.204. The average Bonchev–Trinajstić information content (AvgIpc) is 2.53. The topological polar surface area (TPSA) is 54.0 Å². The van der Waals surface area contributed by atoms with Crippen LogP contribution in [-0.4, -0.2) is 45.1 Å². The van der Waals surface area contributed by atoms with Gasteiger partial charge in [-0.05, 0) is 44.9 Å². The van der Waals surface area contributed by atoms with Crippen molar-refractivity contribution in [3.8, 4) is 5.75 Å². The molecule has 0 fully saturated rings. The van der Waals surface area contributed by atoms with Crippen molar-refractivity contribution in [2.45, 2.75) is 39.9 Å². The molecule has 0 aromatic heterocycles. The molecule has 1 aromatic rings. The van der Waals surface area contributed by atoms with Gasteiger partial charge in [0.2, 0.25) is 0 Å². The van der Waals surface area contributed by atoms with Crippen molar-refractivity contribution in [2.24, 2.45) is 0 Å². The van der Waals surface area contributed by atoms with Gasteiger partial charge in [-0.3, -0.25) is 0 Å². The lowest BCUT2D eigenvalue weighted by Gasteiger charge is -2.15. The molecule has 0 bridgehead atoms. The zero-order chi connectivity index (χ0) is 16.9. The van der Waals surface area contributed by atoms with Crippen LogP contribution in [-0.2, 0) is 25.4 Å². The Morgan fingerprint density at radius 3 is 2.35 bits per heavy atom. The second kappa shape index (κ2) is 12.0. The molecule has 0 aliphatic rings. The predicted octanol–water partition coefficient (Wildman–Crippen LogP) is 3.00. The van der Waals surface area contributed by atoms with Gasteiger partial charge < -0.3 is 23.7 Å². The number of carbonyl (C=O) groups excluding carboxylic acids is 1. The Kier molecular flexibility index (Phi) is 10.3. The number of hydrogen-bond acceptors (Lipinski definition) is 5. The molecule has 0 N–H and O–H groups in total. The van der Waals surface area contributed by atoms with E-state index in [1.807, 2.05) is 38.1 Å². The first-order valence-electron chi connectivity index (χ1n) is 8.14. The average molecular weight is 324 g/mol. The maximum atomic E-state index is 11.0. The van der Waals surface area contributed by atoms with Crippen LogP contribution >= 0.6 is 0 Å². The van der Waals surface area contributed by atoms with Gasteiger partial charge in [-0.1, -0.05) is 12.1 Å². The van der Waals surface area contributed by atoms with Gasteiger partial charge in [0, 0.05) is 13.0 Å². The third kappa shape index (κ3) is 10.0. The molecular formula is C18H28O5. The SMILES string of the molecule is CCOCCOCCO[C@@H](C)Oc1ccc(CCC(C)=O)cc1. The summed E-state index contributed by atoms with van der Waals surface area (Å²) in [7, 11) is 0. The zero-order valence-corrected chi connectivity index (χ0v) is 14.4. The second-order valence-corrected chi connectivity index (χ2v) is 5.21. The summed E-state index contributed by atoms with van der Waals surface area (Å²) in [4.78, 5) is 11.0. The molecule has 0 aliphatic carbocycles. The van der Waals surface area contributed by atoms with Crippen molar-refractivity contribution in [2.75, 3.05) is 33.0 Å². The first kappa shape index (κ1) is 19.6. The molecule has 5 heteroatoms. The third-order valence-corrected chi connectivity index (χ3v) is 3.15. The van der Waals surface area contributed by atoms with E-state index in [1.54, 1.807) is 6.92 Å². The van der Waals surface area contributed by atoms with Gasteiger partial charge >= 0.3 is 0 Å². The number of carbonyl (C=O) groups is 1.